The van der Waals surface area contributed by atoms with Gasteiger partial charge < -0.3 is 10.2 Å². The van der Waals surface area contributed by atoms with Crippen LogP contribution in [0.2, 0.25) is 0 Å². The van der Waals surface area contributed by atoms with Crippen LogP contribution < -0.4 is 5.32 Å². The van der Waals surface area contributed by atoms with Crippen molar-refractivity contribution in [3.63, 3.8) is 0 Å². The molecule has 7 nitrogen and oxygen atoms in total. The summed E-state index contributed by atoms with van der Waals surface area (Å²) in [5, 5.41) is 13.8. The number of benzene rings is 2. The van der Waals surface area contributed by atoms with Crippen molar-refractivity contribution in [2.24, 2.45) is 5.92 Å². The largest absolute Gasteiger partial charge is 0.338 e. The Balaban J connectivity index is 1.66. The molecule has 1 atom stereocenters. The van der Waals surface area contributed by atoms with Gasteiger partial charge in [-0.1, -0.05) is 35.9 Å². The van der Waals surface area contributed by atoms with Gasteiger partial charge in [0, 0.05) is 25.6 Å². The van der Waals surface area contributed by atoms with Gasteiger partial charge in [-0.15, -0.1) is 0 Å². The smallest absolute Gasteiger partial charge is 0.274 e. The number of nitro groups is 1. The molecule has 1 heterocycles. The summed E-state index contributed by atoms with van der Waals surface area (Å²) in [4.78, 5) is 37.1. The van der Waals surface area contributed by atoms with E-state index in [0.29, 0.717) is 24.3 Å². The second kappa shape index (κ2) is 7.57. The molecule has 1 aliphatic rings. The van der Waals surface area contributed by atoms with E-state index in [9.17, 15) is 19.7 Å². The lowest BCUT2D eigenvalue weighted by molar-refractivity contribution is -0.385. The molecule has 1 saturated heterocycles. The number of anilines is 1. The van der Waals surface area contributed by atoms with E-state index < -0.39 is 10.8 Å². The Labute approximate surface area is 157 Å². The Bertz CT molecular complexity index is 893. The lowest BCUT2D eigenvalue weighted by Crippen LogP contribution is -2.28. The zero-order chi connectivity index (χ0) is 19.6. The maximum Gasteiger partial charge on any atom is 0.274 e. The van der Waals surface area contributed by atoms with E-state index in [0.717, 1.165) is 11.1 Å². The number of hydrogen-bond acceptors (Lipinski definition) is 4. The fourth-order valence-electron chi connectivity index (χ4n) is 3.21. The van der Waals surface area contributed by atoms with E-state index in [1.807, 2.05) is 31.2 Å². The van der Waals surface area contributed by atoms with Crippen molar-refractivity contribution >= 4 is 23.2 Å². The number of likely N-dealkylation sites (tertiary alicyclic amines) is 1. The summed E-state index contributed by atoms with van der Waals surface area (Å²) in [6.45, 7) is 4.41. The lowest BCUT2D eigenvalue weighted by atomic mass is 10.1. The summed E-state index contributed by atoms with van der Waals surface area (Å²) >= 11 is 0. The lowest BCUT2D eigenvalue weighted by Gasteiger charge is -2.17. The quantitative estimate of drug-likeness (QED) is 0.649. The van der Waals surface area contributed by atoms with Crippen molar-refractivity contribution in [2.45, 2.75) is 26.8 Å². The summed E-state index contributed by atoms with van der Waals surface area (Å²) in [6, 6.07) is 12.5. The third kappa shape index (κ3) is 4.13. The molecule has 0 aromatic heterocycles. The van der Waals surface area contributed by atoms with Crippen LogP contribution in [0.3, 0.4) is 0 Å². The average Bonchev–Trinajstić information content (AvgIpc) is 2.99. The highest BCUT2D eigenvalue weighted by molar-refractivity contribution is 5.98. The van der Waals surface area contributed by atoms with Gasteiger partial charge in [0.2, 0.25) is 11.8 Å². The van der Waals surface area contributed by atoms with Crippen LogP contribution in [0.15, 0.2) is 42.5 Å². The van der Waals surface area contributed by atoms with Gasteiger partial charge in [-0.3, -0.25) is 19.7 Å². The molecule has 1 unspecified atom stereocenters. The summed E-state index contributed by atoms with van der Waals surface area (Å²) in [5.41, 5.74) is 2.92. The summed E-state index contributed by atoms with van der Waals surface area (Å²) < 4.78 is 0. The van der Waals surface area contributed by atoms with Crippen molar-refractivity contribution < 1.29 is 14.5 Å². The Kier molecular flexibility index (Phi) is 5.21. The van der Waals surface area contributed by atoms with Crippen molar-refractivity contribution in [2.75, 3.05) is 11.9 Å². The summed E-state index contributed by atoms with van der Waals surface area (Å²) in [5.74, 6) is -0.827. The summed E-state index contributed by atoms with van der Waals surface area (Å²) in [6.07, 6.45) is 0.145. The van der Waals surface area contributed by atoms with Crippen molar-refractivity contribution in [1.29, 1.82) is 0 Å². The molecule has 0 bridgehead atoms. The number of nitro benzene ring substituents is 1. The van der Waals surface area contributed by atoms with Gasteiger partial charge in [0.25, 0.3) is 5.69 Å². The van der Waals surface area contributed by atoms with Gasteiger partial charge in [-0.05, 0) is 25.5 Å². The van der Waals surface area contributed by atoms with Gasteiger partial charge in [-0.25, -0.2) is 0 Å². The number of nitrogens with zero attached hydrogens (tertiary/aromatic N) is 2. The van der Waals surface area contributed by atoms with Gasteiger partial charge >= 0.3 is 0 Å². The van der Waals surface area contributed by atoms with E-state index >= 15 is 0 Å². The van der Waals surface area contributed by atoms with Crippen LogP contribution in [-0.2, 0) is 16.1 Å². The monoisotopic (exact) mass is 367 g/mol. The van der Waals surface area contributed by atoms with Gasteiger partial charge in [0.15, 0.2) is 0 Å². The number of carbonyl (C=O) groups is 2. The first kappa shape index (κ1) is 18.6. The van der Waals surface area contributed by atoms with Crippen LogP contribution in [0.4, 0.5) is 11.4 Å². The molecular weight excluding hydrogens is 346 g/mol. The van der Waals surface area contributed by atoms with E-state index in [2.05, 4.69) is 5.32 Å². The molecule has 0 radical (unpaired) electrons. The number of aryl methyl sites for hydroxylation is 1. The van der Waals surface area contributed by atoms with Crippen LogP contribution in [0.25, 0.3) is 0 Å². The molecule has 3 rings (SSSR count). The third-order valence-electron chi connectivity index (χ3n) is 4.84. The first-order valence-electron chi connectivity index (χ1n) is 8.73. The highest BCUT2D eigenvalue weighted by Crippen LogP contribution is 2.27. The second-order valence-corrected chi connectivity index (χ2v) is 6.86. The molecule has 2 amide bonds. The zero-order valence-electron chi connectivity index (χ0n) is 15.3. The zero-order valence-corrected chi connectivity index (χ0v) is 15.3. The topological polar surface area (TPSA) is 92.6 Å². The van der Waals surface area contributed by atoms with Crippen LogP contribution >= 0.6 is 0 Å². The minimum atomic E-state index is -0.479. The Morgan fingerprint density at radius 2 is 1.93 bits per heavy atom. The molecule has 2 aromatic carbocycles. The molecular formula is C20H21N3O4. The SMILES string of the molecule is Cc1ccc(CN2CC(C(=O)Nc3cccc([N+](=O)[O-])c3C)CC2=O)cc1. The first-order chi connectivity index (χ1) is 12.8. The maximum atomic E-state index is 12.6. The van der Waals surface area contributed by atoms with E-state index in [-0.39, 0.29) is 23.9 Å². The van der Waals surface area contributed by atoms with Crippen LogP contribution in [0, 0.1) is 29.9 Å². The average molecular weight is 367 g/mol. The molecule has 7 heteroatoms. The molecule has 2 aromatic rings. The predicted molar refractivity (Wildman–Crippen MR) is 101 cm³/mol. The number of rotatable bonds is 5. The number of nitrogens with one attached hydrogen (secondary N) is 1. The minimum Gasteiger partial charge on any atom is -0.338 e. The Hall–Kier alpha value is -3.22. The number of hydrogen-bond donors (Lipinski definition) is 1. The highest BCUT2D eigenvalue weighted by Gasteiger charge is 2.34. The van der Waals surface area contributed by atoms with Gasteiger partial charge in [-0.2, -0.15) is 0 Å². The van der Waals surface area contributed by atoms with E-state index in [4.69, 9.17) is 0 Å². The fourth-order valence-corrected chi connectivity index (χ4v) is 3.21. The molecule has 1 fully saturated rings. The van der Waals surface area contributed by atoms with E-state index in [1.54, 1.807) is 17.9 Å². The molecule has 27 heavy (non-hydrogen) atoms. The van der Waals surface area contributed by atoms with Crippen LogP contribution in [-0.4, -0.2) is 28.2 Å². The van der Waals surface area contributed by atoms with Crippen molar-refractivity contribution in [3.8, 4) is 0 Å². The standard InChI is InChI=1S/C20H21N3O4/c1-13-6-8-15(9-7-13)11-22-12-16(10-19(22)24)20(25)21-17-4-3-5-18(14(17)2)23(26)27/h3-9,16H,10-12H2,1-2H3,(H,21,25). The van der Waals surface area contributed by atoms with E-state index in [1.165, 1.54) is 12.1 Å². The maximum absolute atomic E-state index is 12.6. The first-order valence-corrected chi connectivity index (χ1v) is 8.73. The van der Waals surface area contributed by atoms with Gasteiger partial charge in [0.1, 0.15) is 0 Å². The number of carbonyl (C=O) groups excluding carboxylic acids is 2. The van der Waals surface area contributed by atoms with Crippen LogP contribution in [0.5, 0.6) is 0 Å². The normalized spacial score (nSPS) is 16.4. The highest BCUT2D eigenvalue weighted by atomic mass is 16.6. The molecule has 140 valence electrons. The molecule has 0 saturated carbocycles. The molecule has 1 N–H and O–H groups in total. The van der Waals surface area contributed by atoms with Crippen molar-refractivity contribution in [1.82, 2.24) is 4.90 Å². The number of amides is 2. The fraction of sp³-hybridized carbons (Fsp3) is 0.300. The predicted octanol–water partition coefficient (Wildman–Crippen LogP) is 3.20. The van der Waals surface area contributed by atoms with Crippen LogP contribution in [0.1, 0.15) is 23.1 Å². The Morgan fingerprint density at radius 3 is 2.59 bits per heavy atom. The minimum absolute atomic E-state index is 0.0451. The second-order valence-electron chi connectivity index (χ2n) is 6.86. The Morgan fingerprint density at radius 1 is 1.22 bits per heavy atom. The molecule has 1 aliphatic heterocycles. The molecule has 0 aliphatic carbocycles. The van der Waals surface area contributed by atoms with Gasteiger partial charge in [0.05, 0.1) is 22.1 Å². The van der Waals surface area contributed by atoms with Crippen molar-refractivity contribution in [3.05, 3.63) is 69.3 Å². The summed E-state index contributed by atoms with van der Waals surface area (Å²) in [7, 11) is 0. The third-order valence-corrected chi connectivity index (χ3v) is 4.84. The molecule has 0 spiro atoms.